The van der Waals surface area contributed by atoms with Crippen LogP contribution in [-0.4, -0.2) is 81.4 Å². The SMILES string of the molecule is NC(=O)CC(N)C(=O)N1CCCC1C(=O)NC(Cc1ccccc1)C(=O)NC(CCC(=O)O)C(=O)O. The van der Waals surface area contributed by atoms with E-state index >= 15 is 0 Å². The van der Waals surface area contributed by atoms with Crippen molar-refractivity contribution in [2.45, 2.75) is 62.7 Å². The van der Waals surface area contributed by atoms with Crippen LogP contribution in [0.5, 0.6) is 0 Å². The standard InChI is InChI=1S/C23H31N5O8/c24-14(12-18(25)29)22(34)28-10-4-7-17(28)21(33)27-16(11-13-5-2-1-3-6-13)20(32)26-15(23(35)36)8-9-19(30)31/h1-3,5-6,14-17H,4,7-12,24H2,(H2,25,29)(H,26,32)(H,27,33)(H,30,31)(H,35,36). The van der Waals surface area contributed by atoms with Crippen molar-refractivity contribution in [3.8, 4) is 0 Å². The van der Waals surface area contributed by atoms with Gasteiger partial charge in [0.1, 0.15) is 18.1 Å². The minimum Gasteiger partial charge on any atom is -0.481 e. The molecular weight excluding hydrogens is 474 g/mol. The lowest BCUT2D eigenvalue weighted by molar-refractivity contribution is -0.144. The van der Waals surface area contributed by atoms with Gasteiger partial charge in [0.05, 0.1) is 12.5 Å². The predicted octanol–water partition coefficient (Wildman–Crippen LogP) is -1.66. The summed E-state index contributed by atoms with van der Waals surface area (Å²) in [4.78, 5) is 73.6. The predicted molar refractivity (Wildman–Crippen MR) is 125 cm³/mol. The summed E-state index contributed by atoms with van der Waals surface area (Å²) < 4.78 is 0. The highest BCUT2D eigenvalue weighted by Gasteiger charge is 2.38. The van der Waals surface area contributed by atoms with Gasteiger partial charge in [-0.2, -0.15) is 0 Å². The van der Waals surface area contributed by atoms with Crippen molar-refractivity contribution in [2.24, 2.45) is 11.5 Å². The van der Waals surface area contributed by atoms with Gasteiger partial charge in [-0.05, 0) is 24.8 Å². The van der Waals surface area contributed by atoms with Gasteiger partial charge < -0.3 is 37.2 Å². The Kier molecular flexibility index (Phi) is 10.3. The molecule has 1 aromatic carbocycles. The maximum Gasteiger partial charge on any atom is 0.326 e. The van der Waals surface area contributed by atoms with Gasteiger partial charge in [0.15, 0.2) is 0 Å². The van der Waals surface area contributed by atoms with Gasteiger partial charge in [0.2, 0.25) is 23.6 Å². The zero-order valence-corrected chi connectivity index (χ0v) is 19.6. The highest BCUT2D eigenvalue weighted by atomic mass is 16.4. The van der Waals surface area contributed by atoms with Crippen LogP contribution < -0.4 is 22.1 Å². The quantitative estimate of drug-likeness (QED) is 0.180. The molecule has 4 amide bonds. The normalized spacial score (nSPS) is 17.5. The van der Waals surface area contributed by atoms with Gasteiger partial charge in [-0.15, -0.1) is 0 Å². The third kappa shape index (κ3) is 8.34. The molecule has 1 saturated heterocycles. The second-order valence-electron chi connectivity index (χ2n) is 8.55. The van der Waals surface area contributed by atoms with E-state index in [9.17, 15) is 33.9 Å². The van der Waals surface area contributed by atoms with Crippen molar-refractivity contribution in [2.75, 3.05) is 6.54 Å². The molecule has 0 spiro atoms. The van der Waals surface area contributed by atoms with Gasteiger partial charge >= 0.3 is 11.9 Å². The summed E-state index contributed by atoms with van der Waals surface area (Å²) in [5, 5.41) is 23.1. The number of amides is 4. The molecule has 2 rings (SSSR count). The number of likely N-dealkylation sites (tertiary alicyclic amines) is 1. The monoisotopic (exact) mass is 505 g/mol. The Morgan fingerprint density at radius 3 is 2.28 bits per heavy atom. The van der Waals surface area contributed by atoms with Crippen LogP contribution in [0.3, 0.4) is 0 Å². The van der Waals surface area contributed by atoms with Crippen LogP contribution in [0.2, 0.25) is 0 Å². The summed E-state index contributed by atoms with van der Waals surface area (Å²) in [6.45, 7) is 0.231. The lowest BCUT2D eigenvalue weighted by Gasteiger charge is -2.28. The Balaban J connectivity index is 2.18. The first-order valence-electron chi connectivity index (χ1n) is 11.4. The number of carbonyl (C=O) groups is 6. The van der Waals surface area contributed by atoms with E-state index in [1.807, 2.05) is 0 Å². The number of carbonyl (C=O) groups excluding carboxylic acids is 4. The largest absolute Gasteiger partial charge is 0.481 e. The van der Waals surface area contributed by atoms with Crippen molar-refractivity contribution < 1.29 is 39.0 Å². The average Bonchev–Trinajstić information content (AvgIpc) is 3.30. The smallest absolute Gasteiger partial charge is 0.326 e. The fourth-order valence-corrected chi connectivity index (χ4v) is 3.94. The van der Waals surface area contributed by atoms with Gasteiger partial charge in [0.25, 0.3) is 0 Å². The maximum absolute atomic E-state index is 13.1. The zero-order chi connectivity index (χ0) is 26.8. The van der Waals surface area contributed by atoms with Crippen LogP contribution in [0.4, 0.5) is 0 Å². The lowest BCUT2D eigenvalue weighted by atomic mass is 10.0. The van der Waals surface area contributed by atoms with Crippen molar-refractivity contribution in [3.05, 3.63) is 35.9 Å². The van der Waals surface area contributed by atoms with Crippen LogP contribution in [0.1, 0.15) is 37.7 Å². The van der Waals surface area contributed by atoms with E-state index in [0.717, 1.165) is 0 Å². The number of hydrogen-bond donors (Lipinski definition) is 6. The van der Waals surface area contributed by atoms with E-state index in [-0.39, 0.29) is 25.8 Å². The molecule has 0 aromatic heterocycles. The number of aliphatic carboxylic acids is 2. The lowest BCUT2D eigenvalue weighted by Crippen LogP contribution is -2.57. The molecule has 1 aliphatic heterocycles. The Labute approximate surface area is 207 Å². The minimum atomic E-state index is -1.47. The maximum atomic E-state index is 13.1. The Hall–Kier alpha value is -4.00. The molecular formula is C23H31N5O8. The van der Waals surface area contributed by atoms with Crippen molar-refractivity contribution in [3.63, 3.8) is 0 Å². The molecule has 36 heavy (non-hydrogen) atoms. The van der Waals surface area contributed by atoms with Gasteiger partial charge in [-0.3, -0.25) is 24.0 Å². The minimum absolute atomic E-state index is 0.0194. The second kappa shape index (κ2) is 13.2. The molecule has 196 valence electrons. The molecule has 1 aromatic rings. The molecule has 1 heterocycles. The summed E-state index contributed by atoms with van der Waals surface area (Å²) in [5.74, 6) is -5.45. The second-order valence-corrected chi connectivity index (χ2v) is 8.55. The topological polar surface area (TPSA) is 222 Å². The molecule has 4 unspecified atom stereocenters. The summed E-state index contributed by atoms with van der Waals surface area (Å²) in [7, 11) is 0. The molecule has 1 fully saturated rings. The van der Waals surface area contributed by atoms with Crippen molar-refractivity contribution in [1.82, 2.24) is 15.5 Å². The summed E-state index contributed by atoms with van der Waals surface area (Å²) in [5.41, 5.74) is 11.5. The van der Waals surface area contributed by atoms with Crippen molar-refractivity contribution in [1.29, 1.82) is 0 Å². The summed E-state index contributed by atoms with van der Waals surface area (Å²) in [6.07, 6.45) is -0.375. The number of benzene rings is 1. The number of primary amides is 1. The molecule has 4 atom stereocenters. The molecule has 0 bridgehead atoms. The third-order valence-corrected chi connectivity index (χ3v) is 5.75. The first-order valence-corrected chi connectivity index (χ1v) is 11.4. The molecule has 1 aliphatic rings. The Morgan fingerprint density at radius 1 is 1.03 bits per heavy atom. The molecule has 8 N–H and O–H groups in total. The van der Waals surface area contributed by atoms with Crippen LogP contribution in [-0.2, 0) is 35.2 Å². The van der Waals surface area contributed by atoms with Gasteiger partial charge in [-0.25, -0.2) is 4.79 Å². The number of nitrogens with one attached hydrogen (secondary N) is 2. The fraction of sp³-hybridized carbons (Fsp3) is 0.478. The fourth-order valence-electron chi connectivity index (χ4n) is 3.94. The Bertz CT molecular complexity index is 986. The number of carboxylic acid groups (broad SMARTS) is 2. The van der Waals surface area contributed by atoms with E-state index in [1.54, 1.807) is 30.3 Å². The highest BCUT2D eigenvalue weighted by Crippen LogP contribution is 2.19. The molecule has 13 nitrogen and oxygen atoms in total. The number of nitrogens with two attached hydrogens (primary N) is 2. The number of hydrogen-bond acceptors (Lipinski definition) is 7. The van der Waals surface area contributed by atoms with E-state index in [4.69, 9.17) is 16.6 Å². The van der Waals surface area contributed by atoms with Gasteiger partial charge in [0, 0.05) is 19.4 Å². The van der Waals surface area contributed by atoms with Crippen molar-refractivity contribution >= 4 is 35.6 Å². The molecule has 0 saturated carbocycles. The van der Waals surface area contributed by atoms with E-state index in [2.05, 4.69) is 10.6 Å². The van der Waals surface area contributed by atoms with Crippen LogP contribution in [0, 0.1) is 0 Å². The number of nitrogens with zero attached hydrogens (tertiary/aromatic N) is 1. The molecule has 13 heteroatoms. The first kappa shape index (κ1) is 28.2. The van der Waals surface area contributed by atoms with Crippen LogP contribution >= 0.6 is 0 Å². The van der Waals surface area contributed by atoms with E-state index in [1.165, 1.54) is 4.90 Å². The van der Waals surface area contributed by atoms with E-state index < -0.39 is 66.2 Å². The first-order chi connectivity index (χ1) is 17.0. The molecule has 0 radical (unpaired) electrons. The van der Waals surface area contributed by atoms with Gasteiger partial charge in [-0.1, -0.05) is 30.3 Å². The summed E-state index contributed by atoms with van der Waals surface area (Å²) >= 11 is 0. The summed E-state index contributed by atoms with van der Waals surface area (Å²) in [6, 6.07) is 3.85. The van der Waals surface area contributed by atoms with E-state index in [0.29, 0.717) is 18.4 Å². The zero-order valence-electron chi connectivity index (χ0n) is 19.6. The number of carboxylic acids is 2. The van der Waals surface area contributed by atoms with Crippen LogP contribution in [0.25, 0.3) is 0 Å². The average molecular weight is 506 g/mol. The number of rotatable bonds is 13. The molecule has 0 aliphatic carbocycles. The van der Waals surface area contributed by atoms with Crippen LogP contribution in [0.15, 0.2) is 30.3 Å². The highest BCUT2D eigenvalue weighted by molar-refractivity contribution is 5.95. The Morgan fingerprint density at radius 2 is 1.69 bits per heavy atom. The third-order valence-electron chi connectivity index (χ3n) is 5.75.